The van der Waals surface area contributed by atoms with Gasteiger partial charge in [-0.2, -0.15) is 0 Å². The van der Waals surface area contributed by atoms with Crippen molar-refractivity contribution >= 4 is 39.7 Å². The van der Waals surface area contributed by atoms with Crippen LogP contribution in [-0.2, 0) is 39.7 Å². The maximum Gasteiger partial charge on any atom is 0.273 e. The van der Waals surface area contributed by atoms with Gasteiger partial charge >= 0.3 is 0 Å². The number of hydrogen-bond donors (Lipinski definition) is 3. The van der Waals surface area contributed by atoms with E-state index in [9.17, 15) is 16.8 Å². The summed E-state index contributed by atoms with van der Waals surface area (Å²) in [6, 6.07) is 20.2. The van der Waals surface area contributed by atoms with E-state index in [1.165, 1.54) is 48.5 Å². The molecule has 0 spiro atoms. The molecule has 4 aromatic rings. The quantitative estimate of drug-likeness (QED) is 0.142. The van der Waals surface area contributed by atoms with Gasteiger partial charge in [0.25, 0.3) is 24.2 Å². The van der Waals surface area contributed by atoms with Crippen LogP contribution in [0.2, 0.25) is 0 Å². The van der Waals surface area contributed by atoms with Crippen molar-refractivity contribution in [3.05, 3.63) is 119 Å². The molecule has 4 N–H and O–H groups in total. The third-order valence-electron chi connectivity index (χ3n) is 8.00. The highest BCUT2D eigenvalue weighted by Gasteiger charge is 2.68. The molecule has 50 heavy (non-hydrogen) atoms. The maximum atomic E-state index is 15.3. The van der Waals surface area contributed by atoms with Gasteiger partial charge in [0.2, 0.25) is 19.7 Å². The Bertz CT molecular complexity index is 2070. The molecule has 0 atom stereocenters. The number of benzene rings is 4. The predicted octanol–water partition coefficient (Wildman–Crippen LogP) is 3.04. The summed E-state index contributed by atoms with van der Waals surface area (Å²) in [7, 11) is -22.1. The first kappa shape index (κ1) is 39.3. The Labute approximate surface area is 295 Å². The summed E-state index contributed by atoms with van der Waals surface area (Å²) in [6.07, 6.45) is 0. The van der Waals surface area contributed by atoms with Gasteiger partial charge in [-0.25, -0.2) is 33.7 Å². The molecule has 0 aliphatic heterocycles. The highest BCUT2D eigenvalue weighted by molar-refractivity contribution is 8.14. The second-order valence-electron chi connectivity index (χ2n) is 11.9. The molecule has 0 unspecified atom stereocenters. The van der Waals surface area contributed by atoms with E-state index in [0.717, 1.165) is 48.5 Å². The number of sulfone groups is 2. The smallest absolute Gasteiger partial charge is 0.273 e. The molecule has 0 saturated heterocycles. The second kappa shape index (κ2) is 15.4. The van der Waals surface area contributed by atoms with Gasteiger partial charge in [0, 0.05) is 32.7 Å². The number of nitrogens with one attached hydrogen (secondary N) is 2. The van der Waals surface area contributed by atoms with Crippen molar-refractivity contribution in [2.75, 3.05) is 32.7 Å². The Balaban J connectivity index is 2.24. The third-order valence-corrected chi connectivity index (χ3v) is 18.3. The molecule has 0 fully saturated rings. The SMILES string of the molecule is Cc1ccc(S(=O)(=O)N(C(CNCCNCCN)(S(=O)(=O)c2ccc(C)cc2)S(=O)(=O)c2ccc(C)cc2)S(=O)(=O)c2ccc(C)cc2)cc1. The fourth-order valence-electron chi connectivity index (χ4n) is 5.16. The monoisotopic (exact) mass is 762 g/mol. The molecule has 0 bridgehead atoms. The van der Waals surface area contributed by atoms with Crippen molar-refractivity contribution in [2.45, 2.75) is 51.5 Å². The average Bonchev–Trinajstić information content (AvgIpc) is 3.06. The van der Waals surface area contributed by atoms with Gasteiger partial charge in [0.15, 0.2) is 0 Å². The van der Waals surface area contributed by atoms with E-state index in [2.05, 4.69) is 10.6 Å². The lowest BCUT2D eigenvalue weighted by Gasteiger charge is -2.40. The maximum absolute atomic E-state index is 15.3. The number of hydrogen-bond acceptors (Lipinski definition) is 11. The molecule has 0 aliphatic carbocycles. The average molecular weight is 763 g/mol. The van der Waals surface area contributed by atoms with Crippen LogP contribution >= 0.6 is 0 Å². The van der Waals surface area contributed by atoms with E-state index in [1.807, 2.05) is 0 Å². The molecular formula is C34H42N4O8S4. The molecule has 0 aromatic heterocycles. The second-order valence-corrected chi connectivity index (χ2v) is 20.3. The zero-order valence-electron chi connectivity index (χ0n) is 28.2. The van der Waals surface area contributed by atoms with Crippen LogP contribution in [0.1, 0.15) is 22.3 Å². The Morgan fingerprint density at radius 1 is 0.480 bits per heavy atom. The molecule has 0 amide bonds. The number of aryl methyl sites for hydroxylation is 4. The van der Waals surface area contributed by atoms with E-state index in [-0.39, 0.29) is 23.3 Å². The summed E-state index contributed by atoms with van der Waals surface area (Å²) >= 11 is 0. The summed E-state index contributed by atoms with van der Waals surface area (Å²) in [5.41, 5.74) is 8.04. The van der Waals surface area contributed by atoms with Gasteiger partial charge in [0.05, 0.1) is 19.6 Å². The highest BCUT2D eigenvalue weighted by Crippen LogP contribution is 2.45. The van der Waals surface area contributed by atoms with Crippen molar-refractivity contribution in [1.29, 1.82) is 0 Å². The summed E-state index contributed by atoms with van der Waals surface area (Å²) in [4.78, 5) is -2.48. The van der Waals surface area contributed by atoms with Gasteiger partial charge in [-0.1, -0.05) is 70.8 Å². The Morgan fingerprint density at radius 2 is 0.780 bits per heavy atom. The molecule has 0 aliphatic rings. The molecule has 270 valence electrons. The molecule has 4 rings (SSSR count). The van der Waals surface area contributed by atoms with Crippen LogP contribution in [0.3, 0.4) is 0 Å². The molecule has 12 nitrogen and oxygen atoms in total. The van der Waals surface area contributed by atoms with Crippen LogP contribution in [0.4, 0.5) is 0 Å². The van der Waals surface area contributed by atoms with Crippen molar-refractivity contribution in [1.82, 2.24) is 14.3 Å². The lowest BCUT2D eigenvalue weighted by molar-refractivity contribution is 0.406. The van der Waals surface area contributed by atoms with Crippen LogP contribution in [0.15, 0.2) is 117 Å². The van der Waals surface area contributed by atoms with E-state index < -0.39 is 70.1 Å². The molecular weight excluding hydrogens is 721 g/mol. The first-order chi connectivity index (χ1) is 23.4. The van der Waals surface area contributed by atoms with E-state index in [0.29, 0.717) is 28.8 Å². The first-order valence-corrected chi connectivity index (χ1v) is 21.5. The normalized spacial score (nSPS) is 13.1. The van der Waals surface area contributed by atoms with Gasteiger partial charge in [0.1, 0.15) is 0 Å². The van der Waals surface area contributed by atoms with E-state index in [1.54, 1.807) is 27.7 Å². The Kier molecular flexibility index (Phi) is 12.1. The highest BCUT2D eigenvalue weighted by atomic mass is 32.3. The predicted molar refractivity (Wildman–Crippen MR) is 193 cm³/mol. The van der Waals surface area contributed by atoms with Gasteiger partial charge in [-0.3, -0.25) is 0 Å². The van der Waals surface area contributed by atoms with Gasteiger partial charge in [-0.05, 0) is 79.9 Å². The molecule has 0 radical (unpaired) electrons. The van der Waals surface area contributed by atoms with Crippen LogP contribution in [0, 0.1) is 27.7 Å². The number of nitrogens with two attached hydrogens (primary N) is 1. The molecule has 0 saturated carbocycles. The lowest BCUT2D eigenvalue weighted by Crippen LogP contribution is -2.67. The summed E-state index contributed by atoms with van der Waals surface area (Å²) < 4.78 is 117. The topological polar surface area (TPSA) is 190 Å². The molecule has 0 heterocycles. The van der Waals surface area contributed by atoms with Crippen molar-refractivity contribution < 1.29 is 33.7 Å². The first-order valence-electron chi connectivity index (χ1n) is 15.6. The summed E-state index contributed by atoms with van der Waals surface area (Å²) in [6.45, 7) is 6.27. The molecule has 16 heteroatoms. The standard InChI is InChI=1S/C34H42N4O8S4/c1-26-5-13-30(14-6-26)47(39,40)34(25-37-24-23-36-22-21-35,48(41,42)31-15-7-27(2)8-16-31)38(49(43,44)32-17-9-28(3)10-18-32)50(45,46)33-19-11-29(4)12-20-33/h5-20,36-37H,21-25,35H2,1-4H3. The number of nitrogens with zero attached hydrogens (tertiary/aromatic N) is 1. The van der Waals surface area contributed by atoms with Crippen molar-refractivity contribution in [2.24, 2.45) is 5.73 Å². The molecule has 4 aromatic carbocycles. The van der Waals surface area contributed by atoms with Crippen LogP contribution in [0.5, 0.6) is 0 Å². The largest absolute Gasteiger partial charge is 0.329 e. The van der Waals surface area contributed by atoms with Gasteiger partial charge < -0.3 is 16.4 Å². The van der Waals surface area contributed by atoms with E-state index >= 15 is 16.8 Å². The van der Waals surface area contributed by atoms with Crippen LogP contribution in [0.25, 0.3) is 0 Å². The summed E-state index contributed by atoms with van der Waals surface area (Å²) in [5, 5.41) is 5.76. The third kappa shape index (κ3) is 7.57. The minimum absolute atomic E-state index is 0.0857. The zero-order chi connectivity index (χ0) is 37.0. The number of sulfonamides is 2. The fourth-order valence-corrected chi connectivity index (χ4v) is 15.7. The fraction of sp³-hybridized carbons (Fsp3) is 0.294. The van der Waals surface area contributed by atoms with Crippen molar-refractivity contribution in [3.63, 3.8) is 0 Å². The Hall–Kier alpha value is -3.48. The van der Waals surface area contributed by atoms with Crippen molar-refractivity contribution in [3.8, 4) is 0 Å². The van der Waals surface area contributed by atoms with Gasteiger partial charge in [-0.15, -0.1) is 0 Å². The lowest BCUT2D eigenvalue weighted by atomic mass is 10.2. The minimum atomic E-state index is -5.53. The number of rotatable bonds is 16. The van der Waals surface area contributed by atoms with E-state index in [4.69, 9.17) is 5.73 Å². The van der Waals surface area contributed by atoms with Crippen LogP contribution < -0.4 is 16.4 Å². The Morgan fingerprint density at radius 3 is 1.10 bits per heavy atom. The minimum Gasteiger partial charge on any atom is -0.329 e. The zero-order valence-corrected chi connectivity index (χ0v) is 31.5. The summed E-state index contributed by atoms with van der Waals surface area (Å²) in [5.74, 6) is 0. The van der Waals surface area contributed by atoms with Crippen LogP contribution in [-0.4, -0.2) is 74.3 Å².